The first-order valence-electron chi connectivity index (χ1n) is 12.9. The summed E-state index contributed by atoms with van der Waals surface area (Å²) < 4.78 is 28.9. The topological polar surface area (TPSA) is 86.8 Å². The summed E-state index contributed by atoms with van der Waals surface area (Å²) in [5.41, 5.74) is 3.13. The second-order valence-electron chi connectivity index (χ2n) is 9.66. The monoisotopic (exact) mass is 535 g/mol. The number of rotatable bonds is 11. The molecule has 3 rings (SSSR count). The van der Waals surface area contributed by atoms with Gasteiger partial charge in [0, 0.05) is 12.6 Å². The first kappa shape index (κ1) is 28.9. The number of hydrogen-bond acceptors (Lipinski definition) is 4. The van der Waals surface area contributed by atoms with E-state index in [1.807, 2.05) is 64.1 Å². The Labute approximate surface area is 226 Å². The molecule has 0 radical (unpaired) electrons. The lowest BCUT2D eigenvalue weighted by molar-refractivity contribution is -0.139. The highest BCUT2D eigenvalue weighted by Gasteiger charge is 2.33. The molecule has 38 heavy (non-hydrogen) atoms. The number of amides is 2. The van der Waals surface area contributed by atoms with Gasteiger partial charge in [0.05, 0.1) is 10.6 Å². The molecule has 0 fully saturated rings. The number of nitrogens with zero attached hydrogens (tertiary/aromatic N) is 2. The van der Waals surface area contributed by atoms with Crippen LogP contribution in [0.1, 0.15) is 44.4 Å². The maximum atomic E-state index is 14.0. The Morgan fingerprint density at radius 2 is 1.55 bits per heavy atom. The van der Waals surface area contributed by atoms with Crippen LogP contribution in [0.25, 0.3) is 0 Å². The quantitative estimate of drug-likeness (QED) is 0.386. The van der Waals surface area contributed by atoms with E-state index >= 15 is 0 Å². The van der Waals surface area contributed by atoms with Gasteiger partial charge in [-0.25, -0.2) is 8.42 Å². The number of aryl methyl sites for hydroxylation is 2. The van der Waals surface area contributed by atoms with E-state index in [0.717, 1.165) is 16.7 Å². The summed E-state index contributed by atoms with van der Waals surface area (Å²) >= 11 is 0. The van der Waals surface area contributed by atoms with E-state index in [2.05, 4.69) is 5.32 Å². The van der Waals surface area contributed by atoms with Gasteiger partial charge in [0.2, 0.25) is 11.8 Å². The number of carbonyl (C=O) groups excluding carboxylic acids is 2. The zero-order chi connectivity index (χ0) is 27.9. The number of benzene rings is 3. The fraction of sp³-hybridized carbons (Fsp3) is 0.333. The fourth-order valence-corrected chi connectivity index (χ4v) is 5.75. The second kappa shape index (κ2) is 12.7. The Balaban J connectivity index is 2.06. The van der Waals surface area contributed by atoms with E-state index in [1.165, 1.54) is 21.3 Å². The van der Waals surface area contributed by atoms with E-state index in [1.54, 1.807) is 37.3 Å². The fourth-order valence-electron chi connectivity index (χ4n) is 4.28. The minimum absolute atomic E-state index is 0.0922. The summed E-state index contributed by atoms with van der Waals surface area (Å²) in [4.78, 5) is 28.5. The minimum atomic E-state index is -4.07. The SMILES string of the molecule is CCc1ccccc1N(CC(=O)N(Cc1cccc(C)c1)[C@@H](C)C(=O)NC(C)C)S(=O)(=O)c1ccccc1. The van der Waals surface area contributed by atoms with E-state index in [0.29, 0.717) is 12.1 Å². The van der Waals surface area contributed by atoms with Crippen LogP contribution in [0.15, 0.2) is 83.8 Å². The smallest absolute Gasteiger partial charge is 0.264 e. The predicted molar refractivity (Wildman–Crippen MR) is 151 cm³/mol. The van der Waals surface area contributed by atoms with Crippen LogP contribution in [0.5, 0.6) is 0 Å². The van der Waals surface area contributed by atoms with Crippen LogP contribution in [-0.4, -0.2) is 43.8 Å². The normalized spacial score (nSPS) is 12.2. The van der Waals surface area contributed by atoms with Crippen molar-refractivity contribution in [1.29, 1.82) is 0 Å². The van der Waals surface area contributed by atoms with Gasteiger partial charge < -0.3 is 10.2 Å². The van der Waals surface area contributed by atoms with Crippen molar-refractivity contribution < 1.29 is 18.0 Å². The number of anilines is 1. The van der Waals surface area contributed by atoms with E-state index in [4.69, 9.17) is 0 Å². The third-order valence-electron chi connectivity index (χ3n) is 6.28. The molecule has 0 aliphatic rings. The average Bonchev–Trinajstić information content (AvgIpc) is 2.90. The van der Waals surface area contributed by atoms with Crippen LogP contribution < -0.4 is 9.62 Å². The van der Waals surface area contributed by atoms with Crippen molar-refractivity contribution in [2.75, 3.05) is 10.8 Å². The molecule has 202 valence electrons. The number of sulfonamides is 1. The van der Waals surface area contributed by atoms with Crippen molar-refractivity contribution in [3.8, 4) is 0 Å². The second-order valence-corrected chi connectivity index (χ2v) is 11.5. The summed E-state index contributed by atoms with van der Waals surface area (Å²) in [6, 6.07) is 22.1. The first-order valence-corrected chi connectivity index (χ1v) is 14.3. The lowest BCUT2D eigenvalue weighted by Gasteiger charge is -2.33. The summed E-state index contributed by atoms with van der Waals surface area (Å²) in [6.45, 7) is 9.00. The molecule has 1 atom stereocenters. The summed E-state index contributed by atoms with van der Waals surface area (Å²) in [7, 11) is -4.07. The molecule has 0 aliphatic heterocycles. The van der Waals surface area contributed by atoms with E-state index in [-0.39, 0.29) is 23.4 Å². The molecule has 0 saturated carbocycles. The first-order chi connectivity index (χ1) is 18.0. The summed E-state index contributed by atoms with van der Waals surface area (Å²) in [5, 5.41) is 2.87. The Morgan fingerprint density at radius 1 is 0.895 bits per heavy atom. The molecule has 0 unspecified atom stereocenters. The van der Waals surface area contributed by atoms with Crippen molar-refractivity contribution in [3.63, 3.8) is 0 Å². The molecule has 0 aliphatic carbocycles. The third kappa shape index (κ3) is 7.01. The van der Waals surface area contributed by atoms with Crippen molar-refractivity contribution >= 4 is 27.5 Å². The van der Waals surface area contributed by atoms with Gasteiger partial charge in [-0.1, -0.05) is 73.2 Å². The molecular formula is C30H37N3O4S. The molecular weight excluding hydrogens is 498 g/mol. The molecule has 2 amide bonds. The van der Waals surface area contributed by atoms with Crippen LogP contribution >= 0.6 is 0 Å². The van der Waals surface area contributed by atoms with Gasteiger partial charge >= 0.3 is 0 Å². The van der Waals surface area contributed by atoms with E-state index < -0.39 is 28.5 Å². The Kier molecular flexibility index (Phi) is 9.69. The predicted octanol–water partition coefficient (Wildman–Crippen LogP) is 4.69. The van der Waals surface area contributed by atoms with Crippen molar-refractivity contribution in [2.45, 2.75) is 64.6 Å². The number of carbonyl (C=O) groups is 2. The molecule has 8 heteroatoms. The summed E-state index contributed by atoms with van der Waals surface area (Å²) in [6.07, 6.45) is 0.589. The summed E-state index contributed by atoms with van der Waals surface area (Å²) in [5.74, 6) is -0.768. The molecule has 0 aromatic heterocycles. The zero-order valence-corrected chi connectivity index (χ0v) is 23.5. The van der Waals surface area contributed by atoms with Gasteiger partial charge in [0.15, 0.2) is 0 Å². The van der Waals surface area contributed by atoms with Crippen LogP contribution in [0.3, 0.4) is 0 Å². The highest BCUT2D eigenvalue weighted by molar-refractivity contribution is 7.92. The molecule has 0 spiro atoms. The Bertz CT molecular complexity index is 1360. The van der Waals surface area contributed by atoms with Crippen molar-refractivity contribution in [1.82, 2.24) is 10.2 Å². The largest absolute Gasteiger partial charge is 0.352 e. The van der Waals surface area contributed by atoms with Crippen LogP contribution in [0.4, 0.5) is 5.69 Å². The number of nitrogens with one attached hydrogen (secondary N) is 1. The van der Waals surface area contributed by atoms with Gasteiger partial charge in [0.25, 0.3) is 10.0 Å². The molecule has 7 nitrogen and oxygen atoms in total. The van der Waals surface area contributed by atoms with Crippen molar-refractivity contribution in [2.24, 2.45) is 0 Å². The van der Waals surface area contributed by atoms with Gasteiger partial charge in [0.1, 0.15) is 12.6 Å². The maximum Gasteiger partial charge on any atom is 0.264 e. The number of hydrogen-bond donors (Lipinski definition) is 1. The maximum absolute atomic E-state index is 14.0. The zero-order valence-electron chi connectivity index (χ0n) is 22.7. The molecule has 3 aromatic carbocycles. The molecule has 0 saturated heterocycles. The molecule has 1 N–H and O–H groups in total. The highest BCUT2D eigenvalue weighted by Crippen LogP contribution is 2.28. The molecule has 0 heterocycles. The van der Waals surface area contributed by atoms with Gasteiger partial charge in [-0.15, -0.1) is 0 Å². The van der Waals surface area contributed by atoms with Crippen LogP contribution in [0.2, 0.25) is 0 Å². The average molecular weight is 536 g/mol. The van der Waals surface area contributed by atoms with Gasteiger partial charge in [-0.2, -0.15) is 0 Å². The van der Waals surface area contributed by atoms with Crippen LogP contribution in [-0.2, 0) is 32.6 Å². The molecule has 0 bridgehead atoms. The van der Waals surface area contributed by atoms with Crippen molar-refractivity contribution in [3.05, 3.63) is 95.6 Å². The van der Waals surface area contributed by atoms with E-state index in [9.17, 15) is 18.0 Å². The van der Waals surface area contributed by atoms with Gasteiger partial charge in [-0.05, 0) is 63.4 Å². The minimum Gasteiger partial charge on any atom is -0.352 e. The molecule has 3 aromatic rings. The lowest BCUT2D eigenvalue weighted by Crippen LogP contribution is -2.52. The third-order valence-corrected chi connectivity index (χ3v) is 8.06. The van der Waals surface area contributed by atoms with Gasteiger partial charge in [-0.3, -0.25) is 13.9 Å². The number of para-hydroxylation sites is 1. The van der Waals surface area contributed by atoms with Crippen LogP contribution in [0, 0.1) is 6.92 Å². The lowest BCUT2D eigenvalue weighted by atomic mass is 10.1. The Hall–Kier alpha value is -3.65. The Morgan fingerprint density at radius 3 is 2.18 bits per heavy atom. The highest BCUT2D eigenvalue weighted by atomic mass is 32.2. The standard InChI is InChI=1S/C30H37N3O4S/c1-6-26-15-10-11-18-28(26)33(38(36,37)27-16-8-7-9-17-27)21-29(34)32(24(5)30(35)31-22(2)3)20-25-14-12-13-23(4)19-25/h7-19,22,24H,6,20-21H2,1-5H3,(H,31,35)/t24-/m0/s1.